The second-order valence-corrected chi connectivity index (χ2v) is 4.84. The van der Waals surface area contributed by atoms with Gasteiger partial charge in [-0.15, -0.1) is 6.58 Å². The first-order valence-corrected chi connectivity index (χ1v) is 6.89. The van der Waals surface area contributed by atoms with E-state index in [0.29, 0.717) is 6.04 Å². The zero-order chi connectivity index (χ0) is 12.8. The summed E-state index contributed by atoms with van der Waals surface area (Å²) in [5, 5.41) is 3.39. The van der Waals surface area contributed by atoms with Gasteiger partial charge in [-0.2, -0.15) is 0 Å². The maximum atomic E-state index is 4.74. The Morgan fingerprint density at radius 1 is 1.50 bits per heavy atom. The van der Waals surface area contributed by atoms with Crippen molar-refractivity contribution < 1.29 is 0 Å². The van der Waals surface area contributed by atoms with Gasteiger partial charge in [-0.05, 0) is 37.9 Å². The van der Waals surface area contributed by atoms with E-state index >= 15 is 0 Å². The number of nitrogens with zero attached hydrogens (tertiary/aromatic N) is 2. The van der Waals surface area contributed by atoms with Crippen LogP contribution in [0.5, 0.6) is 0 Å². The average molecular weight is 245 g/mol. The zero-order valence-electron chi connectivity index (χ0n) is 11.2. The van der Waals surface area contributed by atoms with Crippen LogP contribution in [0, 0.1) is 0 Å². The minimum Gasteiger partial charge on any atom is -0.350 e. The quantitative estimate of drug-likeness (QED) is 0.564. The van der Waals surface area contributed by atoms with Crippen LogP contribution in [0.1, 0.15) is 31.9 Å². The van der Waals surface area contributed by atoms with Crippen LogP contribution in [-0.2, 0) is 6.54 Å². The second kappa shape index (κ2) is 6.55. The summed E-state index contributed by atoms with van der Waals surface area (Å²) in [4.78, 5) is 7.10. The predicted molar refractivity (Wildman–Crippen MR) is 76.8 cm³/mol. The Labute approximate surface area is 110 Å². The predicted octanol–water partition coefficient (Wildman–Crippen LogP) is 2.74. The standard InChI is InChI=1S/C15H23N3/c1-3-10-16-12-13-6-5-7-15(17-13)18(11-4-2)14-8-9-14/h4-7,14,16H,2-3,8-12H2,1H3. The maximum Gasteiger partial charge on any atom is 0.129 e. The van der Waals surface area contributed by atoms with E-state index in [2.05, 4.69) is 41.9 Å². The van der Waals surface area contributed by atoms with Crippen LogP contribution in [0.2, 0.25) is 0 Å². The molecule has 3 heteroatoms. The molecule has 18 heavy (non-hydrogen) atoms. The van der Waals surface area contributed by atoms with Crippen LogP contribution >= 0.6 is 0 Å². The lowest BCUT2D eigenvalue weighted by Crippen LogP contribution is -2.27. The highest BCUT2D eigenvalue weighted by atomic mass is 15.2. The molecule has 0 saturated heterocycles. The summed E-state index contributed by atoms with van der Waals surface area (Å²) < 4.78 is 0. The summed E-state index contributed by atoms with van der Waals surface area (Å²) in [6, 6.07) is 6.97. The number of nitrogens with one attached hydrogen (secondary N) is 1. The van der Waals surface area contributed by atoms with Crippen molar-refractivity contribution in [2.75, 3.05) is 18.0 Å². The molecule has 1 heterocycles. The Morgan fingerprint density at radius 2 is 2.33 bits per heavy atom. The number of aromatic nitrogens is 1. The molecule has 0 bridgehead atoms. The Bertz CT molecular complexity index is 385. The van der Waals surface area contributed by atoms with Gasteiger partial charge < -0.3 is 10.2 Å². The van der Waals surface area contributed by atoms with Gasteiger partial charge in [-0.1, -0.05) is 19.1 Å². The first-order valence-electron chi connectivity index (χ1n) is 6.89. The smallest absolute Gasteiger partial charge is 0.129 e. The summed E-state index contributed by atoms with van der Waals surface area (Å²) in [5.74, 6) is 1.09. The molecular formula is C15H23N3. The van der Waals surface area contributed by atoms with Crippen LogP contribution in [0.15, 0.2) is 30.9 Å². The molecule has 0 aromatic carbocycles. The van der Waals surface area contributed by atoms with Gasteiger partial charge in [-0.25, -0.2) is 4.98 Å². The van der Waals surface area contributed by atoms with E-state index in [4.69, 9.17) is 4.98 Å². The minimum absolute atomic E-state index is 0.675. The van der Waals surface area contributed by atoms with Crippen molar-refractivity contribution in [3.63, 3.8) is 0 Å². The molecule has 1 saturated carbocycles. The second-order valence-electron chi connectivity index (χ2n) is 4.84. The Morgan fingerprint density at radius 3 is 3.00 bits per heavy atom. The van der Waals surface area contributed by atoms with E-state index in [0.717, 1.165) is 37.6 Å². The molecule has 1 aliphatic rings. The SMILES string of the molecule is C=CCN(c1cccc(CNCCC)n1)C1CC1. The molecule has 0 aliphatic heterocycles. The van der Waals surface area contributed by atoms with Crippen LogP contribution in [0.3, 0.4) is 0 Å². The molecule has 98 valence electrons. The van der Waals surface area contributed by atoms with Crippen molar-refractivity contribution >= 4 is 5.82 Å². The number of anilines is 1. The summed E-state index contributed by atoms with van der Waals surface area (Å²) >= 11 is 0. The van der Waals surface area contributed by atoms with Crippen LogP contribution in [0.25, 0.3) is 0 Å². The van der Waals surface area contributed by atoms with Crippen molar-refractivity contribution in [2.45, 2.75) is 38.8 Å². The largest absolute Gasteiger partial charge is 0.350 e. The molecule has 0 radical (unpaired) electrons. The van der Waals surface area contributed by atoms with Crippen LogP contribution in [0.4, 0.5) is 5.82 Å². The third kappa shape index (κ3) is 3.57. The molecular weight excluding hydrogens is 222 g/mol. The van der Waals surface area contributed by atoms with Gasteiger partial charge in [0.05, 0.1) is 5.69 Å². The van der Waals surface area contributed by atoms with E-state index in [1.807, 2.05) is 6.08 Å². The normalized spacial score (nSPS) is 14.5. The van der Waals surface area contributed by atoms with E-state index in [9.17, 15) is 0 Å². The van der Waals surface area contributed by atoms with Gasteiger partial charge in [0, 0.05) is 19.1 Å². The van der Waals surface area contributed by atoms with E-state index in [1.54, 1.807) is 0 Å². The highest BCUT2D eigenvalue weighted by molar-refractivity contribution is 5.43. The van der Waals surface area contributed by atoms with Crippen molar-refractivity contribution in [1.29, 1.82) is 0 Å². The van der Waals surface area contributed by atoms with Crippen molar-refractivity contribution in [3.8, 4) is 0 Å². The summed E-state index contributed by atoms with van der Waals surface area (Å²) in [6.07, 6.45) is 5.69. The van der Waals surface area contributed by atoms with Gasteiger partial charge in [0.2, 0.25) is 0 Å². The molecule has 1 aromatic heterocycles. The molecule has 3 nitrogen and oxygen atoms in total. The number of pyridine rings is 1. The van der Waals surface area contributed by atoms with Gasteiger partial charge in [0.25, 0.3) is 0 Å². The molecule has 1 aliphatic carbocycles. The molecule has 1 fully saturated rings. The number of hydrogen-bond acceptors (Lipinski definition) is 3. The monoisotopic (exact) mass is 245 g/mol. The molecule has 2 rings (SSSR count). The maximum absolute atomic E-state index is 4.74. The lowest BCUT2D eigenvalue weighted by Gasteiger charge is -2.22. The molecule has 0 amide bonds. The Hall–Kier alpha value is -1.35. The lowest BCUT2D eigenvalue weighted by atomic mass is 10.3. The van der Waals surface area contributed by atoms with E-state index in [1.165, 1.54) is 12.8 Å². The zero-order valence-corrected chi connectivity index (χ0v) is 11.2. The highest BCUT2D eigenvalue weighted by Crippen LogP contribution is 2.30. The van der Waals surface area contributed by atoms with Gasteiger partial charge in [0.15, 0.2) is 0 Å². The molecule has 1 aromatic rings. The highest BCUT2D eigenvalue weighted by Gasteiger charge is 2.29. The number of rotatable bonds is 8. The fraction of sp³-hybridized carbons (Fsp3) is 0.533. The Balaban J connectivity index is 2.02. The van der Waals surface area contributed by atoms with Gasteiger partial charge >= 0.3 is 0 Å². The summed E-state index contributed by atoms with van der Waals surface area (Å²) in [7, 11) is 0. The average Bonchev–Trinajstić information content (AvgIpc) is 3.21. The van der Waals surface area contributed by atoms with Gasteiger partial charge in [-0.3, -0.25) is 0 Å². The molecule has 0 spiro atoms. The topological polar surface area (TPSA) is 28.2 Å². The van der Waals surface area contributed by atoms with Crippen molar-refractivity contribution in [3.05, 3.63) is 36.5 Å². The van der Waals surface area contributed by atoms with Gasteiger partial charge in [0.1, 0.15) is 5.82 Å². The Kier molecular flexibility index (Phi) is 4.76. The van der Waals surface area contributed by atoms with E-state index in [-0.39, 0.29) is 0 Å². The van der Waals surface area contributed by atoms with Crippen LogP contribution < -0.4 is 10.2 Å². The third-order valence-corrected chi connectivity index (χ3v) is 3.13. The van der Waals surface area contributed by atoms with E-state index < -0.39 is 0 Å². The first-order chi connectivity index (χ1) is 8.85. The fourth-order valence-corrected chi connectivity index (χ4v) is 2.07. The molecule has 0 unspecified atom stereocenters. The first kappa shape index (κ1) is 13.1. The molecule has 0 atom stereocenters. The summed E-state index contributed by atoms with van der Waals surface area (Å²) in [5.41, 5.74) is 1.12. The third-order valence-electron chi connectivity index (χ3n) is 3.13. The number of hydrogen-bond donors (Lipinski definition) is 1. The summed E-state index contributed by atoms with van der Waals surface area (Å²) in [6.45, 7) is 8.81. The lowest BCUT2D eigenvalue weighted by molar-refractivity contribution is 0.663. The molecule has 1 N–H and O–H groups in total. The van der Waals surface area contributed by atoms with Crippen molar-refractivity contribution in [2.24, 2.45) is 0 Å². The van der Waals surface area contributed by atoms with Crippen molar-refractivity contribution in [1.82, 2.24) is 10.3 Å². The van der Waals surface area contributed by atoms with Crippen LogP contribution in [-0.4, -0.2) is 24.1 Å². The minimum atomic E-state index is 0.675. The fourth-order valence-electron chi connectivity index (χ4n) is 2.07.